The molecule has 0 amide bonds. The van der Waals surface area contributed by atoms with Crippen molar-refractivity contribution in [3.8, 4) is 0 Å². The van der Waals surface area contributed by atoms with Crippen molar-refractivity contribution in [3.05, 3.63) is 29.3 Å². The van der Waals surface area contributed by atoms with Crippen LogP contribution >= 0.6 is 0 Å². The first-order valence-corrected chi connectivity index (χ1v) is 4.58. The molecule has 0 radical (unpaired) electrons. The summed E-state index contributed by atoms with van der Waals surface area (Å²) in [5.74, 6) is 0. The third kappa shape index (κ3) is 2.58. The lowest BCUT2D eigenvalue weighted by Gasteiger charge is -2.04. The summed E-state index contributed by atoms with van der Waals surface area (Å²) < 4.78 is 0. The van der Waals surface area contributed by atoms with Gasteiger partial charge in [0.1, 0.15) is 6.29 Å². The van der Waals surface area contributed by atoms with E-state index < -0.39 is 0 Å². The third-order valence-corrected chi connectivity index (χ3v) is 2.14. The van der Waals surface area contributed by atoms with E-state index in [0.29, 0.717) is 6.42 Å². The smallest absolute Gasteiger partial charge is 0.120 e. The molecule has 0 aliphatic carbocycles. The molecule has 0 bridgehead atoms. The fourth-order valence-corrected chi connectivity index (χ4v) is 1.35. The normalized spacial score (nSPS) is 9.92. The molecule has 0 unspecified atom stereocenters. The number of nitrogens with two attached hydrogens (primary N) is 1. The van der Waals surface area contributed by atoms with E-state index in [9.17, 15) is 4.79 Å². The summed E-state index contributed by atoms with van der Waals surface area (Å²) >= 11 is 0. The van der Waals surface area contributed by atoms with E-state index in [1.807, 2.05) is 18.2 Å². The highest BCUT2D eigenvalue weighted by atomic mass is 16.1. The number of carbonyl (C=O) groups excluding carboxylic acids is 1. The van der Waals surface area contributed by atoms with Crippen molar-refractivity contribution in [2.75, 3.05) is 5.73 Å². The van der Waals surface area contributed by atoms with Gasteiger partial charge in [-0.15, -0.1) is 0 Å². The lowest BCUT2D eigenvalue weighted by Crippen LogP contribution is -1.95. The predicted molar refractivity (Wildman–Crippen MR) is 54.6 cm³/mol. The summed E-state index contributed by atoms with van der Waals surface area (Å²) in [6, 6.07) is 6.04. The molecule has 0 aliphatic rings. The first-order chi connectivity index (χ1) is 6.27. The Morgan fingerprint density at radius 2 is 2.23 bits per heavy atom. The molecule has 2 nitrogen and oxygen atoms in total. The Morgan fingerprint density at radius 3 is 2.77 bits per heavy atom. The molecular formula is C11H15NO. The zero-order valence-electron chi connectivity index (χ0n) is 7.92. The Labute approximate surface area is 78.8 Å². The number of rotatable bonds is 4. The van der Waals surface area contributed by atoms with Crippen LogP contribution in [0.5, 0.6) is 0 Å². The van der Waals surface area contributed by atoms with Crippen LogP contribution in [0.1, 0.15) is 24.5 Å². The number of carbonyl (C=O) groups is 1. The van der Waals surface area contributed by atoms with E-state index in [2.05, 4.69) is 6.92 Å². The Balaban J connectivity index is 2.76. The van der Waals surface area contributed by atoms with E-state index in [1.54, 1.807) is 0 Å². The largest absolute Gasteiger partial charge is 0.398 e. The standard InChI is InChI=1S/C11H15NO/c1-2-10-6-5-9(4-3-7-13)8-11(10)12/h5-8H,2-4,12H2,1H3. The Kier molecular flexibility index (Phi) is 3.50. The minimum atomic E-state index is 0.574. The second-order valence-electron chi connectivity index (χ2n) is 3.09. The first kappa shape index (κ1) is 9.78. The number of hydrogen-bond acceptors (Lipinski definition) is 2. The molecule has 0 fully saturated rings. The number of benzene rings is 1. The van der Waals surface area contributed by atoms with E-state index in [1.165, 1.54) is 5.56 Å². The molecule has 2 heteroatoms. The average Bonchev–Trinajstić information content (AvgIpc) is 2.15. The van der Waals surface area contributed by atoms with Crippen LogP contribution in [0.15, 0.2) is 18.2 Å². The molecule has 0 aromatic heterocycles. The molecule has 1 rings (SSSR count). The van der Waals surface area contributed by atoms with Gasteiger partial charge in [-0.1, -0.05) is 19.1 Å². The summed E-state index contributed by atoms with van der Waals surface area (Å²) in [7, 11) is 0. The molecule has 70 valence electrons. The van der Waals surface area contributed by atoms with E-state index in [4.69, 9.17) is 5.73 Å². The van der Waals surface area contributed by atoms with E-state index >= 15 is 0 Å². The molecule has 0 aliphatic heterocycles. The third-order valence-electron chi connectivity index (χ3n) is 2.14. The van der Waals surface area contributed by atoms with Crippen molar-refractivity contribution >= 4 is 12.0 Å². The number of hydrogen-bond donors (Lipinski definition) is 1. The summed E-state index contributed by atoms with van der Waals surface area (Å²) in [4.78, 5) is 10.2. The van der Waals surface area contributed by atoms with Gasteiger partial charge in [-0.3, -0.25) is 0 Å². The SMILES string of the molecule is CCc1ccc(CCC=O)cc1N. The molecule has 13 heavy (non-hydrogen) atoms. The van der Waals surface area contributed by atoms with Gasteiger partial charge in [0.05, 0.1) is 0 Å². The fourth-order valence-electron chi connectivity index (χ4n) is 1.35. The summed E-state index contributed by atoms with van der Waals surface area (Å²) in [5, 5.41) is 0. The monoisotopic (exact) mass is 177 g/mol. The molecule has 0 heterocycles. The molecule has 0 spiro atoms. The Morgan fingerprint density at radius 1 is 1.46 bits per heavy atom. The number of aldehydes is 1. The van der Waals surface area contributed by atoms with Crippen LogP contribution in [0.3, 0.4) is 0 Å². The highest BCUT2D eigenvalue weighted by molar-refractivity contribution is 5.52. The van der Waals surface area contributed by atoms with Gasteiger partial charge >= 0.3 is 0 Å². The molecule has 0 atom stereocenters. The van der Waals surface area contributed by atoms with Gasteiger partial charge in [-0.2, -0.15) is 0 Å². The van der Waals surface area contributed by atoms with Gasteiger partial charge in [0.2, 0.25) is 0 Å². The zero-order valence-corrected chi connectivity index (χ0v) is 7.92. The molecule has 2 N–H and O–H groups in total. The van der Waals surface area contributed by atoms with Crippen molar-refractivity contribution in [1.82, 2.24) is 0 Å². The number of aryl methyl sites for hydroxylation is 2. The van der Waals surface area contributed by atoms with Crippen LogP contribution in [-0.4, -0.2) is 6.29 Å². The van der Waals surface area contributed by atoms with E-state index in [-0.39, 0.29) is 0 Å². The maximum Gasteiger partial charge on any atom is 0.120 e. The fraction of sp³-hybridized carbons (Fsp3) is 0.364. The van der Waals surface area contributed by atoms with Crippen molar-refractivity contribution in [2.45, 2.75) is 26.2 Å². The Hall–Kier alpha value is -1.31. The van der Waals surface area contributed by atoms with Crippen LogP contribution in [0.25, 0.3) is 0 Å². The minimum Gasteiger partial charge on any atom is -0.398 e. The van der Waals surface area contributed by atoms with Crippen molar-refractivity contribution in [1.29, 1.82) is 0 Å². The highest BCUT2D eigenvalue weighted by Crippen LogP contribution is 2.15. The molecule has 1 aromatic rings. The first-order valence-electron chi connectivity index (χ1n) is 4.58. The molecule has 0 saturated carbocycles. The average molecular weight is 177 g/mol. The minimum absolute atomic E-state index is 0.574. The summed E-state index contributed by atoms with van der Waals surface area (Å²) in [5.41, 5.74) is 8.97. The van der Waals surface area contributed by atoms with Gasteiger partial charge in [0, 0.05) is 12.1 Å². The van der Waals surface area contributed by atoms with Crippen LogP contribution < -0.4 is 5.73 Å². The van der Waals surface area contributed by atoms with Crippen LogP contribution in [-0.2, 0) is 17.6 Å². The van der Waals surface area contributed by atoms with E-state index in [0.717, 1.165) is 30.4 Å². The van der Waals surface area contributed by atoms with Crippen LogP contribution in [0, 0.1) is 0 Å². The molecule has 0 saturated heterocycles. The zero-order chi connectivity index (χ0) is 9.68. The molecular weight excluding hydrogens is 162 g/mol. The Bertz CT molecular complexity index is 294. The van der Waals surface area contributed by atoms with Crippen molar-refractivity contribution in [2.24, 2.45) is 0 Å². The van der Waals surface area contributed by atoms with Gasteiger partial charge in [-0.05, 0) is 30.0 Å². The maximum atomic E-state index is 10.2. The predicted octanol–water partition coefficient (Wildman–Crippen LogP) is 1.96. The number of nitrogen functional groups attached to an aromatic ring is 1. The van der Waals surface area contributed by atoms with Crippen molar-refractivity contribution < 1.29 is 4.79 Å². The van der Waals surface area contributed by atoms with Crippen LogP contribution in [0.4, 0.5) is 5.69 Å². The number of anilines is 1. The van der Waals surface area contributed by atoms with Gasteiger partial charge in [-0.25, -0.2) is 0 Å². The molecule has 1 aromatic carbocycles. The lowest BCUT2D eigenvalue weighted by atomic mass is 10.0. The second kappa shape index (κ2) is 4.65. The summed E-state index contributed by atoms with van der Waals surface area (Å²) in [6.45, 7) is 2.08. The van der Waals surface area contributed by atoms with Gasteiger partial charge in [0.15, 0.2) is 0 Å². The highest BCUT2D eigenvalue weighted by Gasteiger charge is 1.98. The quantitative estimate of drug-likeness (QED) is 0.564. The summed E-state index contributed by atoms with van der Waals surface area (Å²) in [6.07, 6.45) is 3.26. The second-order valence-corrected chi connectivity index (χ2v) is 3.09. The van der Waals surface area contributed by atoms with Crippen molar-refractivity contribution in [3.63, 3.8) is 0 Å². The topological polar surface area (TPSA) is 43.1 Å². The van der Waals surface area contributed by atoms with Gasteiger partial charge in [0.25, 0.3) is 0 Å². The van der Waals surface area contributed by atoms with Gasteiger partial charge < -0.3 is 10.5 Å². The lowest BCUT2D eigenvalue weighted by molar-refractivity contribution is -0.107. The maximum absolute atomic E-state index is 10.2. The van der Waals surface area contributed by atoms with Crippen LogP contribution in [0.2, 0.25) is 0 Å².